The van der Waals surface area contributed by atoms with E-state index in [2.05, 4.69) is 4.98 Å². The van der Waals surface area contributed by atoms with Gasteiger partial charge in [0, 0.05) is 24.0 Å². The van der Waals surface area contributed by atoms with E-state index < -0.39 is 0 Å². The molecule has 0 N–H and O–H groups in total. The van der Waals surface area contributed by atoms with Crippen LogP contribution in [0, 0.1) is 5.82 Å². The average Bonchev–Trinajstić information content (AvgIpc) is 2.61. The van der Waals surface area contributed by atoms with Gasteiger partial charge in [-0.05, 0) is 55.5 Å². The first kappa shape index (κ1) is 15.7. The van der Waals surface area contributed by atoms with Crippen LogP contribution in [-0.2, 0) is 6.42 Å². The molecular formula is C19H21FN2O. The number of nitrogens with zero attached hydrogens (tertiary/aromatic N) is 2. The zero-order valence-electron chi connectivity index (χ0n) is 13.3. The Balaban J connectivity index is 1.90. The summed E-state index contributed by atoms with van der Waals surface area (Å²) < 4.78 is 13.6. The number of hydrogen-bond donors (Lipinski definition) is 0. The Labute approximate surface area is 136 Å². The molecule has 3 rings (SSSR count). The Bertz CT molecular complexity index is 701. The molecule has 1 fully saturated rings. The Morgan fingerprint density at radius 2 is 2.17 bits per heavy atom. The molecule has 3 nitrogen and oxygen atoms in total. The number of carbonyl (C=O) groups is 1. The summed E-state index contributed by atoms with van der Waals surface area (Å²) in [4.78, 5) is 19.1. The molecule has 0 unspecified atom stereocenters. The van der Waals surface area contributed by atoms with Crippen molar-refractivity contribution in [3.8, 4) is 0 Å². The fraction of sp³-hybridized carbons (Fsp3) is 0.368. The van der Waals surface area contributed by atoms with Crippen LogP contribution in [-0.4, -0.2) is 22.3 Å². The van der Waals surface area contributed by atoms with Gasteiger partial charge >= 0.3 is 0 Å². The molecule has 1 aromatic heterocycles. The van der Waals surface area contributed by atoms with Crippen molar-refractivity contribution in [1.29, 1.82) is 0 Å². The van der Waals surface area contributed by atoms with Crippen LogP contribution in [0.3, 0.4) is 0 Å². The summed E-state index contributed by atoms with van der Waals surface area (Å²) in [6.07, 6.45) is 5.41. The number of carbonyl (C=O) groups excluding carboxylic acids is 1. The second-order valence-corrected chi connectivity index (χ2v) is 5.95. The first-order chi connectivity index (χ1) is 11.2. The van der Waals surface area contributed by atoms with Crippen molar-refractivity contribution < 1.29 is 9.18 Å². The van der Waals surface area contributed by atoms with Gasteiger partial charge in [0.25, 0.3) is 5.91 Å². The maximum Gasteiger partial charge on any atom is 0.254 e. The molecule has 1 aromatic carbocycles. The molecule has 1 saturated heterocycles. The lowest BCUT2D eigenvalue weighted by Gasteiger charge is -2.36. The number of hydrogen-bond acceptors (Lipinski definition) is 2. The van der Waals surface area contributed by atoms with E-state index in [-0.39, 0.29) is 17.8 Å². The normalized spacial score (nSPS) is 18.0. The first-order valence-electron chi connectivity index (χ1n) is 8.20. The highest BCUT2D eigenvalue weighted by molar-refractivity contribution is 5.94. The number of rotatable bonds is 3. The molecule has 0 spiro atoms. The van der Waals surface area contributed by atoms with E-state index in [4.69, 9.17) is 0 Å². The summed E-state index contributed by atoms with van der Waals surface area (Å²) in [5.74, 6) is -0.242. The summed E-state index contributed by atoms with van der Waals surface area (Å²) in [6, 6.07) is 10.2. The molecule has 2 aromatic rings. The maximum absolute atomic E-state index is 13.6. The minimum atomic E-state index is -0.252. The lowest BCUT2D eigenvalue weighted by atomic mass is 9.94. The molecule has 0 saturated carbocycles. The smallest absolute Gasteiger partial charge is 0.254 e. The summed E-state index contributed by atoms with van der Waals surface area (Å²) in [5, 5.41) is 0. The Morgan fingerprint density at radius 3 is 2.96 bits per heavy atom. The minimum absolute atomic E-state index is 0.0102. The van der Waals surface area contributed by atoms with Crippen molar-refractivity contribution >= 4 is 5.91 Å². The number of amides is 1. The van der Waals surface area contributed by atoms with E-state index in [1.54, 1.807) is 24.4 Å². The number of aromatic nitrogens is 1. The third-order valence-electron chi connectivity index (χ3n) is 4.42. The van der Waals surface area contributed by atoms with Crippen LogP contribution in [0.1, 0.15) is 53.8 Å². The van der Waals surface area contributed by atoms with Crippen molar-refractivity contribution in [3.05, 3.63) is 65.2 Å². The summed E-state index contributed by atoms with van der Waals surface area (Å²) in [6.45, 7) is 2.73. The molecule has 1 aliphatic rings. The molecule has 23 heavy (non-hydrogen) atoms. The zero-order chi connectivity index (χ0) is 16.2. The summed E-state index contributed by atoms with van der Waals surface area (Å²) in [5.41, 5.74) is 2.46. The van der Waals surface area contributed by atoms with Crippen LogP contribution >= 0.6 is 0 Å². The Hall–Kier alpha value is -2.23. The average molecular weight is 312 g/mol. The topological polar surface area (TPSA) is 33.2 Å². The minimum Gasteiger partial charge on any atom is -0.332 e. The fourth-order valence-electron chi connectivity index (χ4n) is 3.21. The highest BCUT2D eigenvalue weighted by Crippen LogP contribution is 2.32. The van der Waals surface area contributed by atoms with Gasteiger partial charge in [-0.3, -0.25) is 9.78 Å². The number of benzene rings is 1. The van der Waals surface area contributed by atoms with Crippen molar-refractivity contribution in [2.45, 2.75) is 38.6 Å². The number of piperidine rings is 1. The van der Waals surface area contributed by atoms with E-state index in [1.165, 1.54) is 6.07 Å². The van der Waals surface area contributed by atoms with Crippen LogP contribution in [0.25, 0.3) is 0 Å². The Kier molecular flexibility index (Phi) is 4.70. The standard InChI is InChI=1S/C19H21FN2O/c1-2-17-13-15(9-10-21-17)19(23)22-11-4-3-8-18(22)14-6-5-7-16(20)12-14/h5-7,9-10,12-13,18H,2-4,8,11H2,1H3/t18-/m0/s1. The molecule has 0 aliphatic carbocycles. The molecule has 2 heterocycles. The van der Waals surface area contributed by atoms with Gasteiger partial charge in [-0.2, -0.15) is 0 Å². The fourth-order valence-corrected chi connectivity index (χ4v) is 3.21. The van der Waals surface area contributed by atoms with Crippen molar-refractivity contribution in [3.63, 3.8) is 0 Å². The van der Waals surface area contributed by atoms with Crippen LogP contribution in [0.15, 0.2) is 42.6 Å². The monoisotopic (exact) mass is 312 g/mol. The highest BCUT2D eigenvalue weighted by atomic mass is 19.1. The molecule has 1 amide bonds. The van der Waals surface area contributed by atoms with Crippen LogP contribution in [0.5, 0.6) is 0 Å². The third kappa shape index (κ3) is 3.41. The van der Waals surface area contributed by atoms with Gasteiger partial charge in [-0.1, -0.05) is 19.1 Å². The predicted molar refractivity (Wildman–Crippen MR) is 87.6 cm³/mol. The summed E-state index contributed by atoms with van der Waals surface area (Å²) >= 11 is 0. The van der Waals surface area contributed by atoms with E-state index in [9.17, 15) is 9.18 Å². The van der Waals surface area contributed by atoms with Gasteiger partial charge in [-0.25, -0.2) is 4.39 Å². The third-order valence-corrected chi connectivity index (χ3v) is 4.42. The van der Waals surface area contributed by atoms with E-state index in [1.807, 2.05) is 24.0 Å². The van der Waals surface area contributed by atoms with Gasteiger partial charge in [0.2, 0.25) is 0 Å². The quantitative estimate of drug-likeness (QED) is 0.853. The molecule has 4 heteroatoms. The largest absolute Gasteiger partial charge is 0.332 e. The van der Waals surface area contributed by atoms with Gasteiger partial charge in [-0.15, -0.1) is 0 Å². The van der Waals surface area contributed by atoms with Gasteiger partial charge in [0.05, 0.1) is 6.04 Å². The van der Waals surface area contributed by atoms with Crippen molar-refractivity contribution in [1.82, 2.24) is 9.88 Å². The van der Waals surface area contributed by atoms with Crippen molar-refractivity contribution in [2.75, 3.05) is 6.54 Å². The number of aryl methyl sites for hydroxylation is 1. The Morgan fingerprint density at radius 1 is 1.30 bits per heavy atom. The number of pyridine rings is 1. The van der Waals surface area contributed by atoms with Crippen LogP contribution < -0.4 is 0 Å². The lowest BCUT2D eigenvalue weighted by Crippen LogP contribution is -2.38. The lowest BCUT2D eigenvalue weighted by molar-refractivity contribution is 0.0611. The maximum atomic E-state index is 13.6. The molecule has 0 radical (unpaired) electrons. The van der Waals surface area contributed by atoms with E-state index in [0.29, 0.717) is 12.1 Å². The second-order valence-electron chi connectivity index (χ2n) is 5.95. The second kappa shape index (κ2) is 6.90. The molecular weight excluding hydrogens is 291 g/mol. The number of likely N-dealkylation sites (tertiary alicyclic amines) is 1. The molecule has 120 valence electrons. The molecule has 0 bridgehead atoms. The zero-order valence-corrected chi connectivity index (χ0v) is 13.3. The van der Waals surface area contributed by atoms with E-state index in [0.717, 1.165) is 36.9 Å². The van der Waals surface area contributed by atoms with Gasteiger partial charge < -0.3 is 4.90 Å². The van der Waals surface area contributed by atoms with Crippen molar-refractivity contribution in [2.24, 2.45) is 0 Å². The highest BCUT2D eigenvalue weighted by Gasteiger charge is 2.29. The van der Waals surface area contributed by atoms with Gasteiger partial charge in [0.1, 0.15) is 5.82 Å². The van der Waals surface area contributed by atoms with Gasteiger partial charge in [0.15, 0.2) is 0 Å². The first-order valence-corrected chi connectivity index (χ1v) is 8.20. The van der Waals surface area contributed by atoms with Crippen LogP contribution in [0.2, 0.25) is 0 Å². The van der Waals surface area contributed by atoms with E-state index >= 15 is 0 Å². The van der Waals surface area contributed by atoms with Crippen LogP contribution in [0.4, 0.5) is 4.39 Å². The SMILES string of the molecule is CCc1cc(C(=O)N2CCCC[C@H]2c2cccc(F)c2)ccn1. The number of halogens is 1. The molecule has 1 atom stereocenters. The molecule has 1 aliphatic heterocycles. The summed E-state index contributed by atoms with van der Waals surface area (Å²) in [7, 11) is 0. The predicted octanol–water partition coefficient (Wildman–Crippen LogP) is 4.15.